The predicted molar refractivity (Wildman–Crippen MR) is 83.4 cm³/mol. The maximum atomic E-state index is 11.9. The van der Waals surface area contributed by atoms with Crippen molar-refractivity contribution >= 4 is 17.4 Å². The molecule has 1 unspecified atom stereocenters. The largest absolute Gasteiger partial charge is 0.482 e. The first-order valence-corrected chi connectivity index (χ1v) is 7.21. The quantitative estimate of drug-likeness (QED) is 0.597. The monoisotopic (exact) mass is 292 g/mol. The number of hydrogen-bond acceptors (Lipinski definition) is 4. The standard InChI is InChI=1S/C16H24N2O3/c1-5-11(4)18-15(19)9-21-14-7-6-12(8-13(14)17)16(20)10(2)3/h6-8,10-11H,5,9,17H2,1-4H3,(H,18,19). The average Bonchev–Trinajstić information content (AvgIpc) is 2.44. The normalized spacial score (nSPS) is 12.0. The van der Waals surface area contributed by atoms with E-state index in [9.17, 15) is 9.59 Å². The second kappa shape index (κ2) is 7.67. The molecule has 0 heterocycles. The first-order valence-electron chi connectivity index (χ1n) is 7.21. The van der Waals surface area contributed by atoms with E-state index in [4.69, 9.17) is 10.5 Å². The summed E-state index contributed by atoms with van der Waals surface area (Å²) in [4.78, 5) is 23.5. The zero-order chi connectivity index (χ0) is 16.0. The Morgan fingerprint density at radius 2 is 1.95 bits per heavy atom. The summed E-state index contributed by atoms with van der Waals surface area (Å²) in [7, 11) is 0. The van der Waals surface area contributed by atoms with Gasteiger partial charge in [-0.25, -0.2) is 0 Å². The van der Waals surface area contributed by atoms with Crippen LogP contribution >= 0.6 is 0 Å². The maximum absolute atomic E-state index is 11.9. The number of ether oxygens (including phenoxy) is 1. The van der Waals surface area contributed by atoms with E-state index in [1.165, 1.54) is 0 Å². The highest BCUT2D eigenvalue weighted by molar-refractivity contribution is 5.98. The summed E-state index contributed by atoms with van der Waals surface area (Å²) in [5.74, 6) is 0.168. The first kappa shape index (κ1) is 17.0. The zero-order valence-corrected chi connectivity index (χ0v) is 13.1. The van der Waals surface area contributed by atoms with Crippen molar-refractivity contribution in [3.8, 4) is 5.75 Å². The molecule has 5 heteroatoms. The number of rotatable bonds is 7. The number of nitrogen functional groups attached to an aromatic ring is 1. The smallest absolute Gasteiger partial charge is 0.258 e. The average molecular weight is 292 g/mol. The van der Waals surface area contributed by atoms with Crippen LogP contribution in [0.25, 0.3) is 0 Å². The Morgan fingerprint density at radius 1 is 1.29 bits per heavy atom. The van der Waals surface area contributed by atoms with Crippen molar-refractivity contribution in [3.63, 3.8) is 0 Å². The lowest BCUT2D eigenvalue weighted by atomic mass is 10.0. The van der Waals surface area contributed by atoms with E-state index < -0.39 is 0 Å². The minimum atomic E-state index is -0.189. The van der Waals surface area contributed by atoms with Crippen LogP contribution in [0, 0.1) is 5.92 Å². The van der Waals surface area contributed by atoms with Crippen LogP contribution in [0.5, 0.6) is 5.75 Å². The molecule has 0 saturated carbocycles. The van der Waals surface area contributed by atoms with Crippen LogP contribution in [-0.4, -0.2) is 24.3 Å². The van der Waals surface area contributed by atoms with E-state index >= 15 is 0 Å². The summed E-state index contributed by atoms with van der Waals surface area (Å²) in [5, 5.41) is 2.80. The Kier molecular flexibility index (Phi) is 6.21. The Bertz CT molecular complexity index is 512. The fraction of sp³-hybridized carbons (Fsp3) is 0.500. The number of nitrogens with two attached hydrogens (primary N) is 1. The Morgan fingerprint density at radius 3 is 2.48 bits per heavy atom. The third kappa shape index (κ3) is 5.10. The van der Waals surface area contributed by atoms with Gasteiger partial charge in [0.25, 0.3) is 5.91 Å². The molecule has 5 nitrogen and oxygen atoms in total. The maximum Gasteiger partial charge on any atom is 0.258 e. The van der Waals surface area contributed by atoms with Gasteiger partial charge in [0.1, 0.15) is 5.75 Å². The van der Waals surface area contributed by atoms with E-state index in [1.807, 2.05) is 27.7 Å². The van der Waals surface area contributed by atoms with Crippen LogP contribution in [0.2, 0.25) is 0 Å². The molecule has 0 fully saturated rings. The SMILES string of the molecule is CCC(C)NC(=O)COc1ccc(C(=O)C(C)C)cc1N. The number of Topliss-reactive ketones (excluding diaryl/α,β-unsaturated/α-hetero) is 1. The number of ketones is 1. The molecule has 0 bridgehead atoms. The molecule has 1 rings (SSSR count). The van der Waals surface area contributed by atoms with Crippen molar-refractivity contribution in [1.29, 1.82) is 0 Å². The lowest BCUT2D eigenvalue weighted by molar-refractivity contribution is -0.123. The van der Waals surface area contributed by atoms with Crippen LogP contribution in [0.15, 0.2) is 18.2 Å². The molecule has 3 N–H and O–H groups in total. The number of benzene rings is 1. The fourth-order valence-electron chi connectivity index (χ4n) is 1.73. The van der Waals surface area contributed by atoms with Gasteiger partial charge in [-0.05, 0) is 31.5 Å². The number of amides is 1. The Balaban J connectivity index is 2.65. The van der Waals surface area contributed by atoms with Gasteiger partial charge in [-0.1, -0.05) is 20.8 Å². The van der Waals surface area contributed by atoms with Crippen molar-refractivity contribution in [1.82, 2.24) is 5.32 Å². The summed E-state index contributed by atoms with van der Waals surface area (Å²) in [5.41, 5.74) is 6.78. The van der Waals surface area contributed by atoms with E-state index in [-0.39, 0.29) is 30.3 Å². The van der Waals surface area contributed by atoms with E-state index in [1.54, 1.807) is 18.2 Å². The lowest BCUT2D eigenvalue weighted by Gasteiger charge is -2.13. The van der Waals surface area contributed by atoms with Crippen molar-refractivity contribution in [2.45, 2.75) is 40.2 Å². The molecule has 0 aliphatic rings. The van der Waals surface area contributed by atoms with Gasteiger partial charge in [-0.3, -0.25) is 9.59 Å². The molecule has 0 aromatic heterocycles. The van der Waals surface area contributed by atoms with Crippen LogP contribution in [0.4, 0.5) is 5.69 Å². The molecule has 0 radical (unpaired) electrons. The highest BCUT2D eigenvalue weighted by Crippen LogP contribution is 2.23. The molecule has 0 aliphatic heterocycles. The molecule has 0 saturated heterocycles. The van der Waals surface area contributed by atoms with Crippen LogP contribution < -0.4 is 15.8 Å². The van der Waals surface area contributed by atoms with Crippen LogP contribution in [0.1, 0.15) is 44.5 Å². The summed E-state index contributed by atoms with van der Waals surface area (Å²) < 4.78 is 5.39. The van der Waals surface area contributed by atoms with Gasteiger partial charge in [0.05, 0.1) is 5.69 Å². The van der Waals surface area contributed by atoms with Gasteiger partial charge in [0.2, 0.25) is 0 Å². The van der Waals surface area contributed by atoms with E-state index in [0.717, 1.165) is 6.42 Å². The molecule has 1 amide bonds. The molecular weight excluding hydrogens is 268 g/mol. The van der Waals surface area contributed by atoms with Crippen LogP contribution in [-0.2, 0) is 4.79 Å². The molecule has 1 aromatic rings. The van der Waals surface area contributed by atoms with Crippen molar-refractivity contribution in [2.75, 3.05) is 12.3 Å². The van der Waals surface area contributed by atoms with Gasteiger partial charge < -0.3 is 15.8 Å². The summed E-state index contributed by atoms with van der Waals surface area (Å²) in [6.07, 6.45) is 0.861. The minimum Gasteiger partial charge on any atom is -0.482 e. The van der Waals surface area contributed by atoms with E-state index in [2.05, 4.69) is 5.32 Å². The highest BCUT2D eigenvalue weighted by atomic mass is 16.5. The number of carbonyl (C=O) groups is 2. The van der Waals surface area contributed by atoms with Crippen molar-refractivity contribution in [3.05, 3.63) is 23.8 Å². The molecule has 116 valence electrons. The number of anilines is 1. The summed E-state index contributed by atoms with van der Waals surface area (Å²) >= 11 is 0. The Hall–Kier alpha value is -2.04. The van der Waals surface area contributed by atoms with Gasteiger partial charge in [-0.2, -0.15) is 0 Å². The molecular formula is C16H24N2O3. The number of hydrogen-bond donors (Lipinski definition) is 2. The van der Waals surface area contributed by atoms with Gasteiger partial charge >= 0.3 is 0 Å². The summed E-state index contributed by atoms with van der Waals surface area (Å²) in [6, 6.07) is 5.00. The van der Waals surface area contributed by atoms with Crippen LogP contribution in [0.3, 0.4) is 0 Å². The van der Waals surface area contributed by atoms with Gasteiger partial charge in [-0.15, -0.1) is 0 Å². The first-order chi connectivity index (χ1) is 9.85. The molecule has 1 aromatic carbocycles. The van der Waals surface area contributed by atoms with Gasteiger partial charge in [0.15, 0.2) is 12.4 Å². The predicted octanol–water partition coefficient (Wildman–Crippen LogP) is 2.40. The molecule has 0 spiro atoms. The second-order valence-electron chi connectivity index (χ2n) is 5.44. The van der Waals surface area contributed by atoms with Crippen molar-refractivity contribution in [2.24, 2.45) is 5.92 Å². The Labute approximate surface area is 125 Å². The lowest BCUT2D eigenvalue weighted by Crippen LogP contribution is -2.35. The molecule has 21 heavy (non-hydrogen) atoms. The third-order valence-corrected chi connectivity index (χ3v) is 3.20. The number of carbonyl (C=O) groups excluding carboxylic acids is 2. The second-order valence-corrected chi connectivity index (χ2v) is 5.44. The van der Waals surface area contributed by atoms with Gasteiger partial charge in [0, 0.05) is 17.5 Å². The topological polar surface area (TPSA) is 81.4 Å². The van der Waals surface area contributed by atoms with Crippen molar-refractivity contribution < 1.29 is 14.3 Å². The number of nitrogens with one attached hydrogen (secondary N) is 1. The molecule has 0 aliphatic carbocycles. The molecule has 1 atom stereocenters. The van der Waals surface area contributed by atoms with E-state index in [0.29, 0.717) is 17.0 Å². The minimum absolute atomic E-state index is 0.0303. The zero-order valence-electron chi connectivity index (χ0n) is 13.1. The summed E-state index contributed by atoms with van der Waals surface area (Å²) in [6.45, 7) is 7.50. The fourth-order valence-corrected chi connectivity index (χ4v) is 1.73. The highest BCUT2D eigenvalue weighted by Gasteiger charge is 2.13. The third-order valence-electron chi connectivity index (χ3n) is 3.20.